The van der Waals surface area contributed by atoms with Crippen LogP contribution in [0.25, 0.3) is 10.9 Å². The maximum Gasteiger partial charge on any atom is 0.257 e. The van der Waals surface area contributed by atoms with E-state index in [0.717, 1.165) is 30.2 Å². The summed E-state index contributed by atoms with van der Waals surface area (Å²) in [6.45, 7) is 4.95. The number of anilines is 1. The maximum absolute atomic E-state index is 13.2. The molecule has 0 radical (unpaired) electrons. The van der Waals surface area contributed by atoms with Gasteiger partial charge in [-0.2, -0.15) is 4.31 Å². The summed E-state index contributed by atoms with van der Waals surface area (Å²) in [5.74, 6) is -0.00626. The van der Waals surface area contributed by atoms with Gasteiger partial charge in [0.1, 0.15) is 5.75 Å². The Kier molecular flexibility index (Phi) is 6.88. The highest BCUT2D eigenvalue weighted by Crippen LogP contribution is 2.31. The van der Waals surface area contributed by atoms with E-state index in [-0.39, 0.29) is 4.90 Å². The molecule has 1 aromatic heterocycles. The molecule has 1 aliphatic rings. The zero-order chi connectivity index (χ0) is 23.6. The lowest BCUT2D eigenvalue weighted by molar-refractivity contribution is 0.102. The lowest BCUT2D eigenvalue weighted by Crippen LogP contribution is -2.35. The van der Waals surface area contributed by atoms with Gasteiger partial charge in [0, 0.05) is 23.5 Å². The third kappa shape index (κ3) is 4.98. The van der Waals surface area contributed by atoms with Crippen molar-refractivity contribution in [3.63, 3.8) is 0 Å². The molecule has 1 fully saturated rings. The first-order chi connectivity index (χ1) is 15.8. The van der Waals surface area contributed by atoms with E-state index >= 15 is 0 Å². The van der Waals surface area contributed by atoms with Crippen LogP contribution >= 0.6 is 11.6 Å². The molecule has 9 heteroatoms. The summed E-state index contributed by atoms with van der Waals surface area (Å²) in [4.78, 5) is 17.8. The Morgan fingerprint density at radius 2 is 1.88 bits per heavy atom. The van der Waals surface area contributed by atoms with Gasteiger partial charge in [-0.1, -0.05) is 18.0 Å². The number of ether oxygens (including phenoxy) is 1. The van der Waals surface area contributed by atoms with Crippen LogP contribution < -0.4 is 10.1 Å². The molecule has 2 aromatic carbocycles. The van der Waals surface area contributed by atoms with Gasteiger partial charge in [-0.3, -0.25) is 9.78 Å². The fourth-order valence-electron chi connectivity index (χ4n) is 3.97. The highest BCUT2D eigenvalue weighted by atomic mass is 35.5. The van der Waals surface area contributed by atoms with Gasteiger partial charge in [-0.15, -0.1) is 0 Å². The number of aryl methyl sites for hydroxylation is 1. The number of hydrogen-bond donors (Lipinski definition) is 1. The fourth-order valence-corrected chi connectivity index (χ4v) is 5.69. The van der Waals surface area contributed by atoms with E-state index in [0.29, 0.717) is 47.4 Å². The van der Waals surface area contributed by atoms with Crippen molar-refractivity contribution in [3.8, 4) is 5.75 Å². The highest BCUT2D eigenvalue weighted by molar-refractivity contribution is 7.89. The molecule has 1 N–H and O–H groups in total. The van der Waals surface area contributed by atoms with Crippen molar-refractivity contribution >= 4 is 44.1 Å². The monoisotopic (exact) mass is 487 g/mol. The van der Waals surface area contributed by atoms with Crippen molar-refractivity contribution in [2.75, 3.05) is 25.0 Å². The van der Waals surface area contributed by atoms with Crippen molar-refractivity contribution in [1.29, 1.82) is 0 Å². The van der Waals surface area contributed by atoms with Gasteiger partial charge in [-0.25, -0.2) is 8.42 Å². The number of hydrogen-bond acceptors (Lipinski definition) is 5. The molecular formula is C24H26ClN3O4S. The summed E-state index contributed by atoms with van der Waals surface area (Å²) in [6, 6.07) is 11.6. The molecule has 7 nitrogen and oxygen atoms in total. The maximum atomic E-state index is 13.2. The van der Waals surface area contributed by atoms with Gasteiger partial charge in [-0.05, 0) is 69.2 Å². The molecule has 0 atom stereocenters. The Labute approximate surface area is 198 Å². The average Bonchev–Trinajstić information content (AvgIpc) is 2.80. The largest absolute Gasteiger partial charge is 0.492 e. The standard InChI is InChI=1S/C24H26ClN3O4S/c1-3-32-23-10-8-19(33(30,31)28-11-5-4-6-12-28)15-22(23)27-24(29)20-14-17-13-18(25)7-9-21(17)26-16(20)2/h7-10,13-15H,3-6,11-12H2,1-2H3,(H,27,29). The van der Waals surface area contributed by atoms with Crippen LogP contribution in [0.4, 0.5) is 5.69 Å². The van der Waals surface area contributed by atoms with E-state index < -0.39 is 15.9 Å². The molecule has 0 spiro atoms. The molecule has 0 bridgehead atoms. The van der Waals surface area contributed by atoms with E-state index in [2.05, 4.69) is 10.3 Å². The minimum Gasteiger partial charge on any atom is -0.492 e. The van der Waals surface area contributed by atoms with Crippen LogP contribution in [0.2, 0.25) is 5.02 Å². The number of carbonyl (C=O) groups is 1. The Morgan fingerprint density at radius 3 is 2.61 bits per heavy atom. The van der Waals surface area contributed by atoms with Crippen LogP contribution in [0.3, 0.4) is 0 Å². The molecule has 3 aromatic rings. The molecule has 0 aliphatic carbocycles. The van der Waals surface area contributed by atoms with Gasteiger partial charge >= 0.3 is 0 Å². The number of halogens is 1. The highest BCUT2D eigenvalue weighted by Gasteiger charge is 2.27. The van der Waals surface area contributed by atoms with E-state index in [1.807, 2.05) is 6.92 Å². The van der Waals surface area contributed by atoms with E-state index in [1.165, 1.54) is 16.4 Å². The molecule has 4 rings (SSSR count). The second-order valence-corrected chi connectivity index (χ2v) is 10.3. The first-order valence-electron chi connectivity index (χ1n) is 10.9. The minimum absolute atomic E-state index is 0.128. The Bertz CT molecular complexity index is 1300. The summed E-state index contributed by atoms with van der Waals surface area (Å²) in [5.41, 5.74) is 1.96. The third-order valence-electron chi connectivity index (χ3n) is 5.66. The molecular weight excluding hydrogens is 462 g/mol. The Balaban J connectivity index is 1.69. The normalized spacial score (nSPS) is 14.9. The summed E-state index contributed by atoms with van der Waals surface area (Å²) in [7, 11) is -3.66. The number of benzene rings is 2. The quantitative estimate of drug-likeness (QED) is 0.527. The summed E-state index contributed by atoms with van der Waals surface area (Å²) in [6.07, 6.45) is 2.72. The smallest absolute Gasteiger partial charge is 0.257 e. The molecule has 1 aliphatic heterocycles. The second kappa shape index (κ2) is 9.67. The minimum atomic E-state index is -3.66. The lowest BCUT2D eigenvalue weighted by atomic mass is 10.1. The number of nitrogens with zero attached hydrogens (tertiary/aromatic N) is 2. The SMILES string of the molecule is CCOc1ccc(S(=O)(=O)N2CCCCC2)cc1NC(=O)c1cc2cc(Cl)ccc2nc1C. The first kappa shape index (κ1) is 23.5. The molecule has 2 heterocycles. The van der Waals surface area contributed by atoms with Gasteiger partial charge in [0.05, 0.1) is 34.0 Å². The van der Waals surface area contributed by atoms with E-state index in [1.54, 1.807) is 37.3 Å². The van der Waals surface area contributed by atoms with Crippen LogP contribution in [0.5, 0.6) is 5.75 Å². The topological polar surface area (TPSA) is 88.6 Å². The molecule has 1 amide bonds. The van der Waals surface area contributed by atoms with Crippen LogP contribution in [0.15, 0.2) is 47.4 Å². The number of rotatable bonds is 6. The molecule has 0 saturated carbocycles. The fraction of sp³-hybridized carbons (Fsp3) is 0.333. The number of nitrogens with one attached hydrogen (secondary N) is 1. The molecule has 33 heavy (non-hydrogen) atoms. The van der Waals surface area contributed by atoms with Crippen LogP contribution in [0.1, 0.15) is 42.2 Å². The van der Waals surface area contributed by atoms with Crippen LogP contribution in [-0.4, -0.2) is 43.3 Å². The first-order valence-corrected chi connectivity index (χ1v) is 12.8. The number of sulfonamides is 1. The number of amides is 1. The second-order valence-electron chi connectivity index (χ2n) is 7.97. The number of pyridine rings is 1. The zero-order valence-electron chi connectivity index (χ0n) is 18.6. The van der Waals surface area contributed by atoms with Gasteiger partial charge < -0.3 is 10.1 Å². The molecule has 174 valence electrons. The molecule has 1 saturated heterocycles. The van der Waals surface area contributed by atoms with Crippen molar-refractivity contribution in [1.82, 2.24) is 9.29 Å². The van der Waals surface area contributed by atoms with Gasteiger partial charge in [0.15, 0.2) is 0 Å². The predicted octanol–water partition coefficient (Wildman–Crippen LogP) is 5.02. The van der Waals surface area contributed by atoms with Gasteiger partial charge in [0.25, 0.3) is 5.91 Å². The average molecular weight is 488 g/mol. The van der Waals surface area contributed by atoms with Crippen molar-refractivity contribution in [2.45, 2.75) is 38.0 Å². The molecule has 0 unspecified atom stereocenters. The van der Waals surface area contributed by atoms with Crippen LogP contribution in [-0.2, 0) is 10.0 Å². The number of piperidine rings is 1. The van der Waals surface area contributed by atoms with Gasteiger partial charge in [0.2, 0.25) is 10.0 Å². The van der Waals surface area contributed by atoms with Crippen LogP contribution in [0, 0.1) is 6.92 Å². The number of aromatic nitrogens is 1. The van der Waals surface area contributed by atoms with E-state index in [9.17, 15) is 13.2 Å². The zero-order valence-corrected chi connectivity index (χ0v) is 20.2. The Morgan fingerprint density at radius 1 is 1.12 bits per heavy atom. The summed E-state index contributed by atoms with van der Waals surface area (Å²) < 4.78 is 33.4. The summed E-state index contributed by atoms with van der Waals surface area (Å²) in [5, 5.41) is 4.12. The van der Waals surface area contributed by atoms with Crippen molar-refractivity contribution in [3.05, 3.63) is 58.7 Å². The van der Waals surface area contributed by atoms with Crippen molar-refractivity contribution in [2.24, 2.45) is 0 Å². The van der Waals surface area contributed by atoms with Crippen molar-refractivity contribution < 1.29 is 17.9 Å². The number of fused-ring (bicyclic) bond motifs is 1. The predicted molar refractivity (Wildman–Crippen MR) is 130 cm³/mol. The van der Waals surface area contributed by atoms with E-state index in [4.69, 9.17) is 16.3 Å². The third-order valence-corrected chi connectivity index (χ3v) is 7.79. The number of carbonyl (C=O) groups excluding carboxylic acids is 1. The Hall–Kier alpha value is -2.68. The summed E-state index contributed by atoms with van der Waals surface area (Å²) >= 11 is 6.09. The lowest BCUT2D eigenvalue weighted by Gasteiger charge is -2.26.